The van der Waals surface area contributed by atoms with Crippen LogP contribution < -0.4 is 5.32 Å². The Kier molecular flexibility index (Phi) is 10.7. The fraction of sp³-hybridized carbons (Fsp3) is 0.542. The number of carbonyl (C=O) groups excluding carboxylic acids is 1. The van der Waals surface area contributed by atoms with Crippen LogP contribution in [0.25, 0.3) is 0 Å². The SMILES string of the molecule is C\C=C/C(/C=C/C(C(C)=O)=C(/CCC)NC)=C\C(C)C1=CCCCCC1. The standard InChI is InChI=1S/C24H37NO/c1-6-12-21(18-19(3)22-14-10-8-9-11-15-22)16-17-23(20(4)26)24(25-5)13-7-2/h6,12,14,16-19,25H,7-11,13,15H2,1-5H3/b12-6-,17-16+,21-18+,24-23+. The lowest BCUT2D eigenvalue weighted by molar-refractivity contribution is -0.113. The molecule has 0 saturated carbocycles. The third kappa shape index (κ3) is 7.59. The molecule has 144 valence electrons. The van der Waals surface area contributed by atoms with Crippen LogP contribution in [0.1, 0.15) is 72.6 Å². The van der Waals surface area contributed by atoms with Crippen molar-refractivity contribution >= 4 is 5.78 Å². The molecule has 0 amide bonds. The number of carbonyl (C=O) groups is 1. The predicted molar refractivity (Wildman–Crippen MR) is 114 cm³/mol. The highest BCUT2D eigenvalue weighted by Gasteiger charge is 2.10. The molecule has 0 heterocycles. The fourth-order valence-corrected chi connectivity index (χ4v) is 3.46. The number of hydrogen-bond acceptors (Lipinski definition) is 2. The van der Waals surface area contributed by atoms with Gasteiger partial charge in [-0.1, -0.05) is 62.6 Å². The van der Waals surface area contributed by atoms with E-state index in [1.807, 2.05) is 20.0 Å². The van der Waals surface area contributed by atoms with Gasteiger partial charge in [0.1, 0.15) is 0 Å². The van der Waals surface area contributed by atoms with Gasteiger partial charge in [-0.05, 0) is 63.5 Å². The summed E-state index contributed by atoms with van der Waals surface area (Å²) in [6.45, 7) is 8.10. The van der Waals surface area contributed by atoms with E-state index < -0.39 is 0 Å². The molecule has 0 aliphatic heterocycles. The first-order valence-corrected chi connectivity index (χ1v) is 10.2. The van der Waals surface area contributed by atoms with Crippen molar-refractivity contribution in [2.75, 3.05) is 7.05 Å². The van der Waals surface area contributed by atoms with Gasteiger partial charge in [0.15, 0.2) is 5.78 Å². The van der Waals surface area contributed by atoms with Gasteiger partial charge in [-0.3, -0.25) is 4.79 Å². The van der Waals surface area contributed by atoms with Crippen molar-refractivity contribution in [3.63, 3.8) is 0 Å². The summed E-state index contributed by atoms with van der Waals surface area (Å²) in [5.41, 5.74) is 4.53. The van der Waals surface area contributed by atoms with Gasteiger partial charge in [-0.25, -0.2) is 0 Å². The van der Waals surface area contributed by atoms with E-state index in [0.29, 0.717) is 5.92 Å². The van der Waals surface area contributed by atoms with Gasteiger partial charge in [0, 0.05) is 18.3 Å². The van der Waals surface area contributed by atoms with Crippen molar-refractivity contribution in [1.82, 2.24) is 5.32 Å². The zero-order valence-corrected chi connectivity index (χ0v) is 17.4. The van der Waals surface area contributed by atoms with Crippen LogP contribution in [0.3, 0.4) is 0 Å². The second-order valence-corrected chi connectivity index (χ2v) is 7.12. The van der Waals surface area contributed by atoms with Gasteiger partial charge < -0.3 is 5.32 Å². The topological polar surface area (TPSA) is 29.1 Å². The van der Waals surface area contributed by atoms with Crippen LogP contribution in [0.2, 0.25) is 0 Å². The maximum Gasteiger partial charge on any atom is 0.161 e. The van der Waals surface area contributed by atoms with Gasteiger partial charge in [-0.15, -0.1) is 0 Å². The van der Waals surface area contributed by atoms with Crippen LogP contribution in [0, 0.1) is 5.92 Å². The Morgan fingerprint density at radius 1 is 1.23 bits per heavy atom. The van der Waals surface area contributed by atoms with E-state index in [1.54, 1.807) is 12.5 Å². The summed E-state index contributed by atoms with van der Waals surface area (Å²) in [5, 5.41) is 3.20. The molecule has 0 fully saturated rings. The van der Waals surface area contributed by atoms with Crippen LogP contribution in [-0.4, -0.2) is 12.8 Å². The van der Waals surface area contributed by atoms with Crippen molar-refractivity contribution in [3.05, 3.63) is 58.9 Å². The third-order valence-electron chi connectivity index (χ3n) is 4.91. The predicted octanol–water partition coefficient (Wildman–Crippen LogP) is 6.43. The molecule has 1 rings (SSSR count). The largest absolute Gasteiger partial charge is 0.391 e. The van der Waals surface area contributed by atoms with Crippen LogP contribution in [-0.2, 0) is 4.79 Å². The number of rotatable bonds is 9. The van der Waals surface area contributed by atoms with Crippen LogP contribution >= 0.6 is 0 Å². The highest BCUT2D eigenvalue weighted by molar-refractivity contribution is 5.96. The zero-order valence-electron chi connectivity index (χ0n) is 17.4. The van der Waals surface area contributed by atoms with Crippen molar-refractivity contribution in [1.29, 1.82) is 0 Å². The Bertz CT molecular complexity index is 602. The Morgan fingerprint density at radius 2 is 2.00 bits per heavy atom. The minimum atomic E-state index is 0.110. The summed E-state index contributed by atoms with van der Waals surface area (Å²) >= 11 is 0. The maximum atomic E-state index is 12.1. The van der Waals surface area contributed by atoms with E-state index >= 15 is 0 Å². The molecule has 26 heavy (non-hydrogen) atoms. The van der Waals surface area contributed by atoms with Crippen LogP contribution in [0.5, 0.6) is 0 Å². The van der Waals surface area contributed by atoms with Gasteiger partial charge in [0.2, 0.25) is 0 Å². The van der Waals surface area contributed by atoms with Gasteiger partial charge >= 0.3 is 0 Å². The van der Waals surface area contributed by atoms with Crippen LogP contribution in [0.4, 0.5) is 0 Å². The average Bonchev–Trinajstić information content (AvgIpc) is 2.90. The number of ketones is 1. The molecular formula is C24H37NO. The molecule has 0 aromatic carbocycles. The van der Waals surface area contributed by atoms with Crippen molar-refractivity contribution < 1.29 is 4.79 Å². The maximum absolute atomic E-state index is 12.1. The van der Waals surface area contributed by atoms with E-state index in [9.17, 15) is 4.79 Å². The van der Waals surface area contributed by atoms with E-state index in [0.717, 1.165) is 29.7 Å². The highest BCUT2D eigenvalue weighted by atomic mass is 16.1. The molecule has 1 atom stereocenters. The Morgan fingerprint density at radius 3 is 2.62 bits per heavy atom. The fourth-order valence-electron chi connectivity index (χ4n) is 3.46. The monoisotopic (exact) mass is 355 g/mol. The minimum Gasteiger partial charge on any atom is -0.391 e. The first-order valence-electron chi connectivity index (χ1n) is 10.2. The van der Waals surface area contributed by atoms with E-state index in [4.69, 9.17) is 0 Å². The summed E-state index contributed by atoms with van der Waals surface area (Å²) in [6, 6.07) is 0. The van der Waals surface area contributed by atoms with E-state index in [2.05, 4.69) is 49.5 Å². The second-order valence-electron chi connectivity index (χ2n) is 7.12. The van der Waals surface area contributed by atoms with Crippen LogP contribution in [0.15, 0.2) is 58.9 Å². The number of Topliss-reactive ketones (excluding diaryl/α,β-unsaturated/α-hetero) is 1. The Labute approximate surface area is 160 Å². The zero-order chi connectivity index (χ0) is 19.4. The smallest absolute Gasteiger partial charge is 0.161 e. The van der Waals surface area contributed by atoms with E-state index in [1.165, 1.54) is 32.1 Å². The van der Waals surface area contributed by atoms with Crippen molar-refractivity contribution in [2.45, 2.75) is 72.6 Å². The summed E-state index contributed by atoms with van der Waals surface area (Å²) < 4.78 is 0. The van der Waals surface area contributed by atoms with Gasteiger partial charge in [0.05, 0.1) is 0 Å². The first-order chi connectivity index (χ1) is 12.5. The van der Waals surface area contributed by atoms with Crippen molar-refractivity contribution in [3.8, 4) is 0 Å². The molecule has 0 saturated heterocycles. The number of allylic oxidation sites excluding steroid dienone is 10. The molecule has 0 aromatic rings. The molecule has 2 heteroatoms. The quantitative estimate of drug-likeness (QED) is 0.293. The van der Waals surface area contributed by atoms with E-state index in [-0.39, 0.29) is 5.78 Å². The second kappa shape index (κ2) is 12.5. The molecule has 0 spiro atoms. The lowest BCUT2D eigenvalue weighted by Gasteiger charge is -2.12. The lowest BCUT2D eigenvalue weighted by atomic mass is 9.94. The average molecular weight is 356 g/mol. The lowest BCUT2D eigenvalue weighted by Crippen LogP contribution is -2.12. The number of hydrogen-bond donors (Lipinski definition) is 1. The highest BCUT2D eigenvalue weighted by Crippen LogP contribution is 2.25. The first kappa shape index (κ1) is 22.2. The minimum absolute atomic E-state index is 0.110. The molecular weight excluding hydrogens is 318 g/mol. The molecule has 1 aliphatic carbocycles. The molecule has 0 aromatic heterocycles. The molecule has 0 bridgehead atoms. The molecule has 1 unspecified atom stereocenters. The van der Waals surface area contributed by atoms with Gasteiger partial charge in [0.25, 0.3) is 0 Å². The van der Waals surface area contributed by atoms with Crippen molar-refractivity contribution in [2.24, 2.45) is 5.92 Å². The molecule has 1 aliphatic rings. The summed E-state index contributed by atoms with van der Waals surface area (Å²) in [7, 11) is 1.89. The summed E-state index contributed by atoms with van der Waals surface area (Å²) in [5.74, 6) is 0.548. The Hall–Kier alpha value is -1.83. The molecule has 0 radical (unpaired) electrons. The van der Waals surface area contributed by atoms with Gasteiger partial charge in [-0.2, -0.15) is 0 Å². The summed E-state index contributed by atoms with van der Waals surface area (Å²) in [6.07, 6.45) is 21.3. The number of nitrogens with one attached hydrogen (secondary N) is 1. The normalized spacial score (nSPS) is 18.5. The molecule has 2 nitrogen and oxygen atoms in total. The summed E-state index contributed by atoms with van der Waals surface area (Å²) in [4.78, 5) is 12.1. The third-order valence-corrected chi connectivity index (χ3v) is 4.91. The Balaban J connectivity index is 3.09. The molecule has 1 N–H and O–H groups in total.